The van der Waals surface area contributed by atoms with Gasteiger partial charge in [-0.2, -0.15) is 0 Å². The SMILES string of the molecule is Cc1c(Cl)ccc2c(C(=O)OC(CCCl)C(=O)c3ccc(F)cc3)cc(-c3ccc(N4C(=O)C5CCCCC5C4=O)cc3)nc12. The van der Waals surface area contributed by atoms with E-state index in [4.69, 9.17) is 32.9 Å². The van der Waals surface area contributed by atoms with Gasteiger partial charge in [0, 0.05) is 33.8 Å². The van der Waals surface area contributed by atoms with Gasteiger partial charge in [0.2, 0.25) is 17.6 Å². The number of benzene rings is 3. The largest absolute Gasteiger partial charge is 0.450 e. The molecule has 3 aromatic carbocycles. The summed E-state index contributed by atoms with van der Waals surface area (Å²) >= 11 is 12.4. The molecule has 1 aromatic heterocycles. The number of anilines is 1. The minimum absolute atomic E-state index is 0.0534. The second-order valence-corrected chi connectivity index (χ2v) is 12.2. The summed E-state index contributed by atoms with van der Waals surface area (Å²) in [6, 6.07) is 16.8. The number of pyridine rings is 1. The number of amides is 2. The number of hydrogen-bond donors (Lipinski definition) is 0. The lowest BCUT2D eigenvalue weighted by Gasteiger charge is -2.19. The molecule has 1 aliphatic heterocycles. The number of ketones is 1. The number of ether oxygens (including phenoxy) is 1. The second-order valence-electron chi connectivity index (χ2n) is 11.4. The maximum absolute atomic E-state index is 13.7. The number of aromatic nitrogens is 1. The van der Waals surface area contributed by atoms with E-state index >= 15 is 0 Å². The molecule has 230 valence electrons. The Labute approximate surface area is 269 Å². The van der Waals surface area contributed by atoms with Crippen molar-refractivity contribution in [3.05, 3.63) is 94.3 Å². The van der Waals surface area contributed by atoms with Crippen molar-refractivity contribution in [2.75, 3.05) is 10.8 Å². The first-order valence-electron chi connectivity index (χ1n) is 14.8. The van der Waals surface area contributed by atoms with Crippen LogP contribution in [0.5, 0.6) is 0 Å². The minimum Gasteiger partial charge on any atom is -0.450 e. The number of aryl methyl sites for hydroxylation is 1. The van der Waals surface area contributed by atoms with Crippen LogP contribution in [0.3, 0.4) is 0 Å². The number of esters is 1. The Bertz CT molecular complexity index is 1800. The Balaban J connectivity index is 1.34. The highest BCUT2D eigenvalue weighted by atomic mass is 35.5. The molecule has 6 rings (SSSR count). The average Bonchev–Trinajstić information content (AvgIpc) is 3.31. The Hall–Kier alpha value is -4.14. The van der Waals surface area contributed by atoms with Crippen molar-refractivity contribution in [3.8, 4) is 11.3 Å². The van der Waals surface area contributed by atoms with Crippen LogP contribution in [0.15, 0.2) is 66.7 Å². The molecule has 1 saturated carbocycles. The third-order valence-electron chi connectivity index (χ3n) is 8.69. The molecular weight excluding hydrogens is 618 g/mol. The standard InChI is InChI=1S/C35H29Cl2FN2O5/c1-19-28(37)15-14-24-27(35(44)45-30(16-17-36)32(41)21-6-10-22(38)11-7-21)18-29(39-31(19)24)20-8-12-23(13-9-20)40-33(42)25-4-2-3-5-26(25)34(40)43/h6-15,18,25-26,30H,2-5,16-17H2,1H3. The highest BCUT2D eigenvalue weighted by Gasteiger charge is 2.48. The molecule has 7 nitrogen and oxygen atoms in total. The smallest absolute Gasteiger partial charge is 0.339 e. The third-order valence-corrected chi connectivity index (χ3v) is 9.32. The lowest BCUT2D eigenvalue weighted by atomic mass is 9.81. The molecular formula is C35H29Cl2FN2O5. The van der Waals surface area contributed by atoms with E-state index in [1.54, 1.807) is 49.4 Å². The normalized spacial score (nSPS) is 18.6. The minimum atomic E-state index is -1.20. The molecule has 0 radical (unpaired) electrons. The lowest BCUT2D eigenvalue weighted by molar-refractivity contribution is -0.122. The fraction of sp³-hybridized carbons (Fsp3) is 0.286. The number of alkyl halides is 1. The summed E-state index contributed by atoms with van der Waals surface area (Å²) in [5.41, 5.74) is 3.03. The molecule has 4 aromatic rings. The van der Waals surface area contributed by atoms with Gasteiger partial charge in [-0.25, -0.2) is 14.2 Å². The van der Waals surface area contributed by atoms with E-state index in [1.807, 2.05) is 0 Å². The zero-order chi connectivity index (χ0) is 31.8. The molecule has 2 aliphatic rings. The maximum atomic E-state index is 13.7. The zero-order valence-electron chi connectivity index (χ0n) is 24.4. The van der Waals surface area contributed by atoms with Crippen LogP contribution in [-0.2, 0) is 14.3 Å². The van der Waals surface area contributed by atoms with Crippen molar-refractivity contribution in [2.45, 2.75) is 45.1 Å². The predicted octanol–water partition coefficient (Wildman–Crippen LogP) is 7.72. The van der Waals surface area contributed by atoms with Crippen molar-refractivity contribution in [1.82, 2.24) is 4.98 Å². The topological polar surface area (TPSA) is 93.6 Å². The zero-order valence-corrected chi connectivity index (χ0v) is 25.9. The van der Waals surface area contributed by atoms with Crippen LogP contribution in [-0.4, -0.2) is 40.5 Å². The number of rotatable bonds is 8. The van der Waals surface area contributed by atoms with Gasteiger partial charge in [-0.05, 0) is 73.9 Å². The van der Waals surface area contributed by atoms with E-state index < -0.39 is 23.7 Å². The van der Waals surface area contributed by atoms with Crippen LogP contribution in [0.25, 0.3) is 22.2 Å². The first-order valence-corrected chi connectivity index (χ1v) is 15.7. The fourth-order valence-corrected chi connectivity index (χ4v) is 6.61. The molecule has 1 saturated heterocycles. The Morgan fingerprint density at radius 3 is 2.24 bits per heavy atom. The molecule has 2 fully saturated rings. The van der Waals surface area contributed by atoms with Crippen LogP contribution in [0, 0.1) is 24.6 Å². The molecule has 1 aliphatic carbocycles. The monoisotopic (exact) mass is 646 g/mol. The second kappa shape index (κ2) is 12.7. The van der Waals surface area contributed by atoms with E-state index in [0.717, 1.165) is 37.8 Å². The number of nitrogens with zero attached hydrogens (tertiary/aromatic N) is 2. The first-order chi connectivity index (χ1) is 21.7. The number of fused-ring (bicyclic) bond motifs is 2. The highest BCUT2D eigenvalue weighted by molar-refractivity contribution is 6.32. The number of carbonyl (C=O) groups excluding carboxylic acids is 4. The molecule has 2 amide bonds. The van der Waals surface area contributed by atoms with Crippen molar-refractivity contribution in [1.29, 1.82) is 0 Å². The predicted molar refractivity (Wildman–Crippen MR) is 170 cm³/mol. The first kappa shape index (κ1) is 30.9. The molecule has 3 unspecified atom stereocenters. The summed E-state index contributed by atoms with van der Waals surface area (Å²) in [4.78, 5) is 59.2. The van der Waals surface area contributed by atoms with Gasteiger partial charge in [0.1, 0.15) is 5.82 Å². The highest BCUT2D eigenvalue weighted by Crippen LogP contribution is 2.40. The van der Waals surface area contributed by atoms with Gasteiger partial charge in [0.15, 0.2) is 6.10 Å². The summed E-state index contributed by atoms with van der Waals surface area (Å²) in [5, 5.41) is 0.942. The summed E-state index contributed by atoms with van der Waals surface area (Å²) in [7, 11) is 0. The quantitative estimate of drug-likeness (QED) is 0.0842. The number of imide groups is 1. The molecule has 3 atom stereocenters. The van der Waals surface area contributed by atoms with Gasteiger partial charge >= 0.3 is 5.97 Å². The molecule has 2 heterocycles. The van der Waals surface area contributed by atoms with Crippen LogP contribution in [0.1, 0.15) is 58.4 Å². The van der Waals surface area contributed by atoms with Crippen molar-refractivity contribution < 1.29 is 28.3 Å². The van der Waals surface area contributed by atoms with E-state index in [1.165, 1.54) is 17.0 Å². The third kappa shape index (κ3) is 5.85. The van der Waals surface area contributed by atoms with Gasteiger partial charge in [-0.1, -0.05) is 42.6 Å². The van der Waals surface area contributed by atoms with E-state index in [2.05, 4.69) is 0 Å². The summed E-state index contributed by atoms with van der Waals surface area (Å²) in [6.45, 7) is 1.79. The number of Topliss-reactive ketones (excluding diaryl/α,β-unsaturated/α-hetero) is 1. The maximum Gasteiger partial charge on any atom is 0.339 e. The Kier molecular flexibility index (Phi) is 8.71. The summed E-state index contributed by atoms with van der Waals surface area (Å²) in [6.07, 6.45) is 2.21. The van der Waals surface area contributed by atoms with Gasteiger partial charge in [-0.3, -0.25) is 19.3 Å². The number of halogens is 3. The van der Waals surface area contributed by atoms with Gasteiger partial charge in [0.25, 0.3) is 0 Å². The van der Waals surface area contributed by atoms with Crippen LogP contribution in [0.4, 0.5) is 10.1 Å². The van der Waals surface area contributed by atoms with Crippen molar-refractivity contribution in [2.24, 2.45) is 11.8 Å². The van der Waals surface area contributed by atoms with Gasteiger partial charge in [0.05, 0.1) is 34.3 Å². The molecule has 10 heteroatoms. The Morgan fingerprint density at radius 1 is 0.978 bits per heavy atom. The lowest BCUT2D eigenvalue weighted by Crippen LogP contribution is -2.30. The van der Waals surface area contributed by atoms with Crippen LogP contribution in [0.2, 0.25) is 5.02 Å². The van der Waals surface area contributed by atoms with Crippen LogP contribution >= 0.6 is 23.2 Å². The number of carbonyl (C=O) groups is 4. The van der Waals surface area contributed by atoms with Crippen molar-refractivity contribution in [3.63, 3.8) is 0 Å². The van der Waals surface area contributed by atoms with E-state index in [-0.39, 0.29) is 47.1 Å². The average molecular weight is 648 g/mol. The molecule has 0 bridgehead atoms. The summed E-state index contributed by atoms with van der Waals surface area (Å²) < 4.78 is 19.2. The molecule has 0 spiro atoms. The molecule has 45 heavy (non-hydrogen) atoms. The van der Waals surface area contributed by atoms with Crippen molar-refractivity contribution >= 4 is 63.4 Å². The van der Waals surface area contributed by atoms with E-state index in [0.29, 0.717) is 38.4 Å². The van der Waals surface area contributed by atoms with Gasteiger partial charge in [-0.15, -0.1) is 11.6 Å². The summed E-state index contributed by atoms with van der Waals surface area (Å²) in [5.74, 6) is -2.52. The van der Waals surface area contributed by atoms with Crippen LogP contribution < -0.4 is 4.90 Å². The van der Waals surface area contributed by atoms with Gasteiger partial charge < -0.3 is 4.74 Å². The van der Waals surface area contributed by atoms with E-state index in [9.17, 15) is 23.6 Å². The Morgan fingerprint density at radius 2 is 1.62 bits per heavy atom. The fourth-order valence-electron chi connectivity index (χ4n) is 6.25. The molecule has 0 N–H and O–H groups in total. The number of hydrogen-bond acceptors (Lipinski definition) is 6.